The zero-order valence-electron chi connectivity index (χ0n) is 10.6. The summed E-state index contributed by atoms with van der Waals surface area (Å²) < 4.78 is 0. The van der Waals surface area contributed by atoms with Gasteiger partial charge in [0.2, 0.25) is 0 Å². The van der Waals surface area contributed by atoms with Crippen LogP contribution in [0.15, 0.2) is 18.2 Å². The van der Waals surface area contributed by atoms with Gasteiger partial charge in [-0.3, -0.25) is 0 Å². The number of rotatable bonds is 4. The number of nitrogens with zero attached hydrogens (tertiary/aromatic N) is 1. The Kier molecular flexibility index (Phi) is 3.87. The molecule has 1 atom stereocenters. The van der Waals surface area contributed by atoms with Crippen molar-refractivity contribution in [1.29, 1.82) is 0 Å². The number of anilines is 1. The van der Waals surface area contributed by atoms with Gasteiger partial charge in [0, 0.05) is 18.8 Å². The van der Waals surface area contributed by atoms with E-state index in [9.17, 15) is 15.0 Å². The number of aromatic carboxylic acids is 1. The van der Waals surface area contributed by atoms with E-state index in [0.29, 0.717) is 18.5 Å². The van der Waals surface area contributed by atoms with Gasteiger partial charge in [-0.05, 0) is 37.0 Å². The van der Waals surface area contributed by atoms with Crippen molar-refractivity contribution in [3.8, 4) is 0 Å². The number of β-amino-alcohol motifs (C(OH)–C–C–N with tert-alkyl or cyclic N) is 1. The van der Waals surface area contributed by atoms with E-state index >= 15 is 0 Å². The number of carboxylic acids is 1. The minimum Gasteiger partial charge on any atom is -0.478 e. The number of hydrogen-bond acceptors (Lipinski definition) is 3. The number of aliphatic hydroxyl groups excluding tert-OH is 1. The van der Waals surface area contributed by atoms with Gasteiger partial charge in [0.1, 0.15) is 0 Å². The monoisotopic (exact) mass is 249 g/mol. The Balaban J connectivity index is 2.32. The van der Waals surface area contributed by atoms with E-state index in [1.807, 2.05) is 13.0 Å². The highest BCUT2D eigenvalue weighted by molar-refractivity contribution is 5.91. The first-order chi connectivity index (χ1) is 8.63. The van der Waals surface area contributed by atoms with Crippen LogP contribution in [-0.4, -0.2) is 35.4 Å². The molecule has 98 valence electrons. The van der Waals surface area contributed by atoms with E-state index in [0.717, 1.165) is 30.6 Å². The second kappa shape index (κ2) is 5.40. The molecule has 1 aliphatic heterocycles. The molecule has 0 radical (unpaired) electrons. The lowest BCUT2D eigenvalue weighted by atomic mass is 9.96. The van der Waals surface area contributed by atoms with Gasteiger partial charge in [-0.15, -0.1) is 0 Å². The van der Waals surface area contributed by atoms with Crippen molar-refractivity contribution < 1.29 is 15.0 Å². The van der Waals surface area contributed by atoms with Crippen molar-refractivity contribution in [2.75, 3.05) is 18.0 Å². The van der Waals surface area contributed by atoms with Gasteiger partial charge in [-0.1, -0.05) is 13.0 Å². The number of hydrogen-bond donors (Lipinski definition) is 2. The lowest BCUT2D eigenvalue weighted by molar-refractivity contribution is 0.0695. The average molecular weight is 249 g/mol. The van der Waals surface area contributed by atoms with E-state index in [1.54, 1.807) is 12.1 Å². The number of carboxylic acid groups (broad SMARTS) is 1. The van der Waals surface area contributed by atoms with Gasteiger partial charge < -0.3 is 15.1 Å². The molecule has 2 rings (SSSR count). The smallest absolute Gasteiger partial charge is 0.336 e. The number of aliphatic hydroxyl groups is 1. The SMILES string of the molecule is CCC(O)CN1CCCc2c(C(=O)O)cccc21. The molecule has 1 aliphatic rings. The first kappa shape index (κ1) is 12.9. The summed E-state index contributed by atoms with van der Waals surface area (Å²) in [5, 5.41) is 18.9. The molecule has 0 spiro atoms. The van der Waals surface area contributed by atoms with Crippen LogP contribution in [0.3, 0.4) is 0 Å². The summed E-state index contributed by atoms with van der Waals surface area (Å²) in [6, 6.07) is 5.38. The number of benzene rings is 1. The van der Waals surface area contributed by atoms with Crippen molar-refractivity contribution in [2.24, 2.45) is 0 Å². The highest BCUT2D eigenvalue weighted by Crippen LogP contribution is 2.30. The fourth-order valence-electron chi connectivity index (χ4n) is 2.47. The summed E-state index contributed by atoms with van der Waals surface area (Å²) in [6.45, 7) is 3.41. The van der Waals surface area contributed by atoms with Crippen LogP contribution >= 0.6 is 0 Å². The molecule has 1 heterocycles. The second-order valence-electron chi connectivity index (χ2n) is 4.72. The summed E-state index contributed by atoms with van der Waals surface area (Å²) in [5.74, 6) is -0.871. The van der Waals surface area contributed by atoms with Crippen molar-refractivity contribution in [3.05, 3.63) is 29.3 Å². The van der Waals surface area contributed by atoms with Crippen molar-refractivity contribution in [1.82, 2.24) is 0 Å². The molecule has 0 bridgehead atoms. The van der Waals surface area contributed by atoms with Crippen LogP contribution in [0.4, 0.5) is 5.69 Å². The molecule has 1 unspecified atom stereocenters. The van der Waals surface area contributed by atoms with E-state index in [1.165, 1.54) is 0 Å². The maximum Gasteiger partial charge on any atom is 0.336 e. The predicted octanol–water partition coefficient (Wildman–Crippen LogP) is 1.91. The number of carbonyl (C=O) groups is 1. The highest BCUT2D eigenvalue weighted by Gasteiger charge is 2.22. The third-order valence-corrected chi connectivity index (χ3v) is 3.48. The molecule has 0 saturated carbocycles. The molecule has 0 amide bonds. The molecule has 0 aliphatic carbocycles. The minimum absolute atomic E-state index is 0.357. The maximum atomic E-state index is 11.2. The van der Waals surface area contributed by atoms with Crippen LogP contribution in [-0.2, 0) is 6.42 Å². The maximum absolute atomic E-state index is 11.2. The summed E-state index contributed by atoms with van der Waals surface area (Å²) in [6.07, 6.45) is 2.10. The Labute approximate surface area is 107 Å². The first-order valence-electron chi connectivity index (χ1n) is 6.41. The van der Waals surface area contributed by atoms with Crippen molar-refractivity contribution in [3.63, 3.8) is 0 Å². The van der Waals surface area contributed by atoms with E-state index in [4.69, 9.17) is 0 Å². The molecule has 4 heteroatoms. The van der Waals surface area contributed by atoms with E-state index in [2.05, 4.69) is 4.90 Å². The van der Waals surface area contributed by atoms with Gasteiger partial charge in [-0.25, -0.2) is 4.79 Å². The normalized spacial score (nSPS) is 16.2. The number of fused-ring (bicyclic) bond motifs is 1. The zero-order chi connectivity index (χ0) is 13.1. The van der Waals surface area contributed by atoms with Gasteiger partial charge in [-0.2, -0.15) is 0 Å². The molecule has 4 nitrogen and oxygen atoms in total. The van der Waals surface area contributed by atoms with Gasteiger partial charge in [0.15, 0.2) is 0 Å². The standard InChI is InChI=1S/C14H19NO3/c1-2-10(16)9-15-8-4-6-11-12(14(17)18)5-3-7-13(11)15/h3,5,7,10,16H,2,4,6,8-9H2,1H3,(H,17,18). The molecule has 1 aromatic rings. The third-order valence-electron chi connectivity index (χ3n) is 3.48. The summed E-state index contributed by atoms with van der Waals surface area (Å²) in [5.41, 5.74) is 2.26. The molecule has 1 aromatic carbocycles. The van der Waals surface area contributed by atoms with Crippen LogP contribution < -0.4 is 4.90 Å². The molecule has 0 fully saturated rings. The minimum atomic E-state index is -0.871. The van der Waals surface area contributed by atoms with Gasteiger partial charge in [0.25, 0.3) is 0 Å². The quantitative estimate of drug-likeness (QED) is 0.855. The Bertz CT molecular complexity index is 445. The van der Waals surface area contributed by atoms with E-state index < -0.39 is 5.97 Å². The van der Waals surface area contributed by atoms with Crippen LogP contribution in [0.2, 0.25) is 0 Å². The molecular formula is C14H19NO3. The van der Waals surface area contributed by atoms with Crippen LogP contribution in [0.25, 0.3) is 0 Å². The van der Waals surface area contributed by atoms with E-state index in [-0.39, 0.29) is 6.10 Å². The summed E-state index contributed by atoms with van der Waals surface area (Å²) >= 11 is 0. The summed E-state index contributed by atoms with van der Waals surface area (Å²) in [7, 11) is 0. The van der Waals surface area contributed by atoms with Crippen molar-refractivity contribution in [2.45, 2.75) is 32.3 Å². The third kappa shape index (κ3) is 2.48. The second-order valence-corrected chi connectivity index (χ2v) is 4.72. The molecular weight excluding hydrogens is 230 g/mol. The Morgan fingerprint density at radius 2 is 2.28 bits per heavy atom. The largest absolute Gasteiger partial charge is 0.478 e. The van der Waals surface area contributed by atoms with Gasteiger partial charge >= 0.3 is 5.97 Å². The van der Waals surface area contributed by atoms with Crippen LogP contribution in [0, 0.1) is 0 Å². The lowest BCUT2D eigenvalue weighted by Crippen LogP contribution is -2.36. The predicted molar refractivity (Wildman–Crippen MR) is 70.2 cm³/mol. The topological polar surface area (TPSA) is 60.8 Å². The molecule has 2 N–H and O–H groups in total. The van der Waals surface area contributed by atoms with Crippen molar-refractivity contribution >= 4 is 11.7 Å². The van der Waals surface area contributed by atoms with Crippen LogP contribution in [0.1, 0.15) is 35.7 Å². The molecule has 0 saturated heterocycles. The fraction of sp³-hybridized carbons (Fsp3) is 0.500. The lowest BCUT2D eigenvalue weighted by Gasteiger charge is -2.33. The zero-order valence-corrected chi connectivity index (χ0v) is 10.6. The Morgan fingerprint density at radius 1 is 1.50 bits per heavy atom. The highest BCUT2D eigenvalue weighted by atomic mass is 16.4. The van der Waals surface area contributed by atoms with Gasteiger partial charge in [0.05, 0.1) is 11.7 Å². The average Bonchev–Trinajstić information content (AvgIpc) is 2.38. The first-order valence-corrected chi connectivity index (χ1v) is 6.41. The molecule has 0 aromatic heterocycles. The Hall–Kier alpha value is -1.55. The fourth-order valence-corrected chi connectivity index (χ4v) is 2.47. The molecule has 18 heavy (non-hydrogen) atoms. The summed E-state index contributed by atoms with van der Waals surface area (Å²) in [4.78, 5) is 13.3. The Morgan fingerprint density at radius 3 is 2.94 bits per heavy atom. The van der Waals surface area contributed by atoms with Crippen LogP contribution in [0.5, 0.6) is 0 Å².